The summed E-state index contributed by atoms with van der Waals surface area (Å²) < 4.78 is 0. The number of nitrogen functional groups attached to an aromatic ring is 2. The Morgan fingerprint density at radius 3 is 1.23 bits per heavy atom. The summed E-state index contributed by atoms with van der Waals surface area (Å²) in [5, 5.41) is 0. The normalized spacial score (nSPS) is 10.9. The molecule has 0 amide bonds. The lowest BCUT2D eigenvalue weighted by molar-refractivity contribution is 1.17. The molecule has 0 saturated heterocycles. The summed E-state index contributed by atoms with van der Waals surface area (Å²) in [6.45, 7) is 4.23. The van der Waals surface area contributed by atoms with E-state index in [-0.39, 0.29) is 0 Å². The summed E-state index contributed by atoms with van der Waals surface area (Å²) in [5.41, 5.74) is 23.9. The average molecular weight is 393 g/mol. The fraction of sp³-hybridized carbons (Fsp3) is 0.143. The molecule has 0 radical (unpaired) electrons. The highest BCUT2D eigenvalue weighted by atomic mass is 14.5. The van der Waals surface area contributed by atoms with Gasteiger partial charge in [-0.2, -0.15) is 0 Å². The maximum atomic E-state index is 6.16. The van der Waals surface area contributed by atoms with Crippen LogP contribution >= 0.6 is 0 Å². The van der Waals surface area contributed by atoms with E-state index in [4.69, 9.17) is 11.5 Å². The predicted octanol–water partition coefficient (Wildman–Crippen LogP) is 6.32. The van der Waals surface area contributed by atoms with Crippen molar-refractivity contribution in [1.82, 2.24) is 0 Å². The lowest BCUT2D eigenvalue weighted by Crippen LogP contribution is -2.00. The minimum atomic E-state index is 0.788. The summed E-state index contributed by atoms with van der Waals surface area (Å²) in [6.07, 6.45) is 1.68. The molecule has 0 aromatic heterocycles. The first-order valence-corrected chi connectivity index (χ1v) is 10.4. The van der Waals surface area contributed by atoms with Gasteiger partial charge in [0.25, 0.3) is 0 Å². The fourth-order valence-corrected chi connectivity index (χ4v) is 3.90. The molecule has 0 heterocycles. The van der Waals surface area contributed by atoms with Crippen LogP contribution in [0.4, 0.5) is 11.4 Å². The number of anilines is 2. The second-order valence-electron chi connectivity index (χ2n) is 8.16. The lowest BCUT2D eigenvalue weighted by atomic mass is 9.89. The second kappa shape index (κ2) is 8.46. The maximum absolute atomic E-state index is 6.16. The van der Waals surface area contributed by atoms with E-state index in [1.807, 2.05) is 12.1 Å². The zero-order chi connectivity index (χ0) is 21.1. The Kier molecular flexibility index (Phi) is 5.58. The maximum Gasteiger partial charge on any atom is 0.0317 e. The summed E-state index contributed by atoms with van der Waals surface area (Å²) in [5.74, 6) is 0. The zero-order valence-electron chi connectivity index (χ0n) is 17.7. The van der Waals surface area contributed by atoms with Crippen LogP contribution < -0.4 is 11.5 Å². The smallest absolute Gasteiger partial charge is 0.0317 e. The largest absolute Gasteiger partial charge is 0.399 e. The van der Waals surface area contributed by atoms with Crippen LogP contribution in [0.5, 0.6) is 0 Å². The van der Waals surface area contributed by atoms with E-state index in [9.17, 15) is 0 Å². The molecular weight excluding hydrogens is 364 g/mol. The van der Waals surface area contributed by atoms with Gasteiger partial charge in [0.15, 0.2) is 0 Å². The minimum absolute atomic E-state index is 0.788. The van der Waals surface area contributed by atoms with E-state index in [0.717, 1.165) is 24.2 Å². The van der Waals surface area contributed by atoms with Gasteiger partial charge < -0.3 is 11.5 Å². The molecular formula is C28H28N2. The molecule has 2 nitrogen and oxygen atoms in total. The first-order valence-electron chi connectivity index (χ1n) is 10.4. The Bertz CT molecular complexity index is 1060. The van der Waals surface area contributed by atoms with Crippen LogP contribution in [-0.4, -0.2) is 0 Å². The molecule has 0 aliphatic carbocycles. The highest BCUT2D eigenvalue weighted by Gasteiger charge is 2.12. The molecule has 4 aromatic rings. The number of hydrogen-bond donors (Lipinski definition) is 2. The van der Waals surface area contributed by atoms with E-state index >= 15 is 0 Å². The summed E-state index contributed by atoms with van der Waals surface area (Å²) in [4.78, 5) is 0. The number of aryl methyl sites for hydroxylation is 2. The first kappa shape index (κ1) is 19.8. The summed E-state index contributed by atoms with van der Waals surface area (Å²) in [6, 6.07) is 29.9. The van der Waals surface area contributed by atoms with E-state index < -0.39 is 0 Å². The Balaban J connectivity index is 1.76. The van der Waals surface area contributed by atoms with Gasteiger partial charge in [-0.05, 0) is 84.3 Å². The van der Waals surface area contributed by atoms with Crippen molar-refractivity contribution in [3.63, 3.8) is 0 Å². The SMILES string of the molecule is Cc1ccc(Cc2cc(N)ccc2-c2ccc(N)cc2Cc2ccc(C)cc2)cc1. The van der Waals surface area contributed by atoms with Crippen molar-refractivity contribution in [2.45, 2.75) is 26.7 Å². The van der Waals surface area contributed by atoms with Gasteiger partial charge >= 0.3 is 0 Å². The third kappa shape index (κ3) is 4.55. The standard InChI is InChI=1S/C28H28N2/c1-19-3-7-21(8-4-19)15-23-17-25(29)11-13-27(23)28-14-12-26(30)18-24(28)16-22-9-5-20(2)6-10-22/h3-14,17-18H,15-16,29-30H2,1-2H3. The summed E-state index contributed by atoms with van der Waals surface area (Å²) >= 11 is 0. The molecule has 4 rings (SSSR count). The van der Waals surface area contributed by atoms with Crippen LogP contribution in [-0.2, 0) is 12.8 Å². The Hall–Kier alpha value is -3.52. The summed E-state index contributed by atoms with van der Waals surface area (Å²) in [7, 11) is 0. The molecule has 0 fully saturated rings. The molecule has 0 aliphatic rings. The molecule has 4 aromatic carbocycles. The topological polar surface area (TPSA) is 52.0 Å². The van der Waals surface area contributed by atoms with Crippen molar-refractivity contribution in [2.24, 2.45) is 0 Å². The number of hydrogen-bond acceptors (Lipinski definition) is 2. The minimum Gasteiger partial charge on any atom is -0.399 e. The van der Waals surface area contributed by atoms with E-state index in [1.54, 1.807) is 0 Å². The molecule has 0 bridgehead atoms. The van der Waals surface area contributed by atoms with Gasteiger partial charge in [0.1, 0.15) is 0 Å². The van der Waals surface area contributed by atoms with Gasteiger partial charge in [-0.15, -0.1) is 0 Å². The van der Waals surface area contributed by atoms with Gasteiger partial charge in [0.2, 0.25) is 0 Å². The monoisotopic (exact) mass is 392 g/mol. The van der Waals surface area contributed by atoms with Crippen LogP contribution in [0.25, 0.3) is 11.1 Å². The quantitative estimate of drug-likeness (QED) is 0.391. The zero-order valence-corrected chi connectivity index (χ0v) is 17.7. The Labute approximate surface area is 179 Å². The molecule has 0 aliphatic heterocycles. The van der Waals surface area contributed by atoms with Gasteiger partial charge in [-0.3, -0.25) is 0 Å². The Morgan fingerprint density at radius 2 is 0.867 bits per heavy atom. The molecule has 0 spiro atoms. The first-order chi connectivity index (χ1) is 14.5. The van der Waals surface area contributed by atoms with Gasteiger partial charge in [0, 0.05) is 11.4 Å². The molecule has 150 valence electrons. The number of nitrogens with two attached hydrogens (primary N) is 2. The molecule has 0 atom stereocenters. The van der Waals surface area contributed by atoms with Crippen molar-refractivity contribution in [3.05, 3.63) is 118 Å². The van der Waals surface area contributed by atoms with Crippen molar-refractivity contribution in [1.29, 1.82) is 0 Å². The van der Waals surface area contributed by atoms with Crippen molar-refractivity contribution in [3.8, 4) is 11.1 Å². The Morgan fingerprint density at radius 1 is 0.500 bits per heavy atom. The van der Waals surface area contributed by atoms with Crippen LogP contribution in [0.2, 0.25) is 0 Å². The van der Waals surface area contributed by atoms with Gasteiger partial charge in [-0.25, -0.2) is 0 Å². The number of rotatable bonds is 5. The second-order valence-corrected chi connectivity index (χ2v) is 8.16. The third-order valence-electron chi connectivity index (χ3n) is 5.58. The van der Waals surface area contributed by atoms with Crippen LogP contribution in [0, 0.1) is 13.8 Å². The molecule has 2 heteroatoms. The highest BCUT2D eigenvalue weighted by Crippen LogP contribution is 2.33. The highest BCUT2D eigenvalue weighted by molar-refractivity contribution is 5.75. The molecule has 4 N–H and O–H groups in total. The van der Waals surface area contributed by atoms with Crippen LogP contribution in [0.3, 0.4) is 0 Å². The predicted molar refractivity (Wildman–Crippen MR) is 129 cm³/mol. The van der Waals surface area contributed by atoms with Crippen LogP contribution in [0.15, 0.2) is 84.9 Å². The van der Waals surface area contributed by atoms with E-state index in [0.29, 0.717) is 0 Å². The molecule has 0 saturated carbocycles. The van der Waals surface area contributed by atoms with Crippen LogP contribution in [0.1, 0.15) is 33.4 Å². The fourth-order valence-electron chi connectivity index (χ4n) is 3.90. The van der Waals surface area contributed by atoms with Gasteiger partial charge in [0.05, 0.1) is 0 Å². The third-order valence-corrected chi connectivity index (χ3v) is 5.58. The van der Waals surface area contributed by atoms with Crippen molar-refractivity contribution >= 4 is 11.4 Å². The average Bonchev–Trinajstić information content (AvgIpc) is 2.72. The molecule has 0 unspecified atom stereocenters. The van der Waals surface area contributed by atoms with Gasteiger partial charge in [-0.1, -0.05) is 71.8 Å². The van der Waals surface area contributed by atoms with Crippen molar-refractivity contribution in [2.75, 3.05) is 11.5 Å². The molecule has 30 heavy (non-hydrogen) atoms. The number of benzene rings is 4. The lowest BCUT2D eigenvalue weighted by Gasteiger charge is -2.16. The van der Waals surface area contributed by atoms with E-state index in [1.165, 1.54) is 44.5 Å². The van der Waals surface area contributed by atoms with E-state index in [2.05, 4.69) is 86.6 Å². The van der Waals surface area contributed by atoms with Crippen molar-refractivity contribution < 1.29 is 0 Å².